The van der Waals surface area contributed by atoms with Crippen molar-refractivity contribution in [2.75, 3.05) is 5.73 Å². The Morgan fingerprint density at radius 3 is 2.22 bits per heavy atom. The van der Waals surface area contributed by atoms with Gasteiger partial charge in [0, 0.05) is 11.3 Å². The first-order valence-electron chi connectivity index (χ1n) is 5.07. The average molecular weight is 251 g/mol. The lowest BCUT2D eigenvalue weighted by Gasteiger charge is -2.12. The summed E-state index contributed by atoms with van der Waals surface area (Å²) in [6.07, 6.45) is -0.462. The molecule has 18 heavy (non-hydrogen) atoms. The number of rotatable bonds is 5. The monoisotopic (exact) mass is 251 g/mol. The molecule has 96 valence electrons. The molecule has 1 aromatic carbocycles. The number of carboxylic acids is 1. The first kappa shape index (κ1) is 13.5. The van der Waals surface area contributed by atoms with Crippen molar-refractivity contribution < 1.29 is 19.5 Å². The molecule has 7 nitrogen and oxygen atoms in total. The van der Waals surface area contributed by atoms with Gasteiger partial charge in [0.2, 0.25) is 5.91 Å². The zero-order valence-electron chi connectivity index (χ0n) is 9.42. The molecule has 2 amide bonds. The van der Waals surface area contributed by atoms with Gasteiger partial charge in [-0.3, -0.25) is 9.59 Å². The first-order valence-corrected chi connectivity index (χ1v) is 5.07. The molecule has 7 heteroatoms. The van der Waals surface area contributed by atoms with E-state index in [2.05, 4.69) is 5.32 Å². The summed E-state index contributed by atoms with van der Waals surface area (Å²) in [7, 11) is 0. The van der Waals surface area contributed by atoms with Crippen LogP contribution in [-0.2, 0) is 9.59 Å². The molecule has 6 N–H and O–H groups in total. The third kappa shape index (κ3) is 3.78. The minimum absolute atomic E-state index is 0.250. The maximum atomic E-state index is 11.7. The fourth-order valence-corrected chi connectivity index (χ4v) is 1.28. The molecule has 0 saturated carbocycles. The summed E-state index contributed by atoms with van der Waals surface area (Å²) < 4.78 is 0. The number of carbonyl (C=O) groups excluding carboxylic acids is 2. The number of hydrogen-bond acceptors (Lipinski definition) is 4. The van der Waals surface area contributed by atoms with Crippen LogP contribution in [-0.4, -0.2) is 28.9 Å². The van der Waals surface area contributed by atoms with Gasteiger partial charge >= 0.3 is 5.97 Å². The Morgan fingerprint density at radius 2 is 1.78 bits per heavy atom. The molecule has 0 heterocycles. The lowest BCUT2D eigenvalue weighted by atomic mass is 10.1. The van der Waals surface area contributed by atoms with Gasteiger partial charge in [0.25, 0.3) is 5.91 Å². The second kappa shape index (κ2) is 5.67. The van der Waals surface area contributed by atoms with E-state index in [1.54, 1.807) is 0 Å². The molecular weight excluding hydrogens is 238 g/mol. The maximum absolute atomic E-state index is 11.7. The summed E-state index contributed by atoms with van der Waals surface area (Å²) in [5, 5.41) is 11.0. The molecule has 0 bridgehead atoms. The Hall–Kier alpha value is -2.57. The number of amides is 2. The number of nitrogens with two attached hydrogens (primary N) is 2. The van der Waals surface area contributed by atoms with Gasteiger partial charge in [-0.05, 0) is 24.3 Å². The van der Waals surface area contributed by atoms with Crippen molar-refractivity contribution in [1.29, 1.82) is 0 Å². The lowest BCUT2D eigenvalue weighted by molar-refractivity contribution is -0.140. The predicted octanol–water partition coefficient (Wildman–Crippen LogP) is -0.673. The van der Waals surface area contributed by atoms with E-state index < -0.39 is 30.2 Å². The number of nitrogen functional groups attached to an aromatic ring is 1. The Morgan fingerprint density at radius 1 is 1.22 bits per heavy atom. The van der Waals surface area contributed by atoms with Crippen LogP contribution in [0.1, 0.15) is 16.8 Å². The van der Waals surface area contributed by atoms with Crippen molar-refractivity contribution in [2.24, 2.45) is 5.73 Å². The van der Waals surface area contributed by atoms with Gasteiger partial charge in [0.05, 0.1) is 6.42 Å². The molecule has 0 spiro atoms. The smallest absolute Gasteiger partial charge is 0.326 e. The minimum atomic E-state index is -1.34. The molecule has 0 radical (unpaired) electrons. The van der Waals surface area contributed by atoms with Crippen LogP contribution in [0.2, 0.25) is 0 Å². The number of carboxylic acid groups (broad SMARTS) is 1. The summed E-state index contributed by atoms with van der Waals surface area (Å²) in [6.45, 7) is 0. The molecule has 0 aliphatic rings. The van der Waals surface area contributed by atoms with Crippen LogP contribution in [0.3, 0.4) is 0 Å². The van der Waals surface area contributed by atoms with Crippen molar-refractivity contribution in [3.05, 3.63) is 29.8 Å². The van der Waals surface area contributed by atoms with Crippen molar-refractivity contribution in [1.82, 2.24) is 5.32 Å². The van der Waals surface area contributed by atoms with Crippen LogP contribution < -0.4 is 16.8 Å². The molecule has 0 fully saturated rings. The lowest BCUT2D eigenvalue weighted by Crippen LogP contribution is -2.43. The number of nitrogens with one attached hydrogen (secondary N) is 1. The maximum Gasteiger partial charge on any atom is 0.326 e. The number of hydrogen-bond donors (Lipinski definition) is 4. The number of aliphatic carboxylic acids is 1. The van der Waals surface area contributed by atoms with E-state index in [0.29, 0.717) is 5.69 Å². The zero-order chi connectivity index (χ0) is 13.7. The van der Waals surface area contributed by atoms with E-state index in [-0.39, 0.29) is 5.56 Å². The van der Waals surface area contributed by atoms with Gasteiger partial charge in [-0.2, -0.15) is 0 Å². The van der Waals surface area contributed by atoms with Crippen molar-refractivity contribution in [2.45, 2.75) is 12.5 Å². The fraction of sp³-hybridized carbons (Fsp3) is 0.182. The summed E-state index contributed by atoms with van der Waals surface area (Å²) in [5.41, 5.74) is 11.1. The van der Waals surface area contributed by atoms with Crippen LogP contribution >= 0.6 is 0 Å². The highest BCUT2D eigenvalue weighted by molar-refractivity contribution is 5.97. The highest BCUT2D eigenvalue weighted by atomic mass is 16.4. The molecule has 1 atom stereocenters. The Bertz CT molecular complexity index is 470. The van der Waals surface area contributed by atoms with E-state index in [4.69, 9.17) is 16.6 Å². The van der Waals surface area contributed by atoms with Crippen molar-refractivity contribution >= 4 is 23.5 Å². The van der Waals surface area contributed by atoms with Crippen LogP contribution in [0.4, 0.5) is 5.69 Å². The van der Waals surface area contributed by atoms with Crippen LogP contribution in [0.15, 0.2) is 24.3 Å². The summed E-state index contributed by atoms with van der Waals surface area (Å²) in [5.74, 6) is -2.73. The second-order valence-corrected chi connectivity index (χ2v) is 3.66. The van der Waals surface area contributed by atoms with Crippen LogP contribution in [0.25, 0.3) is 0 Å². The predicted molar refractivity (Wildman–Crippen MR) is 63.6 cm³/mol. The minimum Gasteiger partial charge on any atom is -0.480 e. The van der Waals surface area contributed by atoms with E-state index in [0.717, 1.165) is 0 Å². The highest BCUT2D eigenvalue weighted by Crippen LogP contribution is 2.06. The Kier molecular flexibility index (Phi) is 4.25. The van der Waals surface area contributed by atoms with Gasteiger partial charge in [0.15, 0.2) is 0 Å². The van der Waals surface area contributed by atoms with Gasteiger partial charge in [0.1, 0.15) is 6.04 Å². The Balaban J connectivity index is 2.75. The Labute approximate surface area is 103 Å². The SMILES string of the molecule is NC(=O)C[C@H](NC(=O)c1ccc(N)cc1)C(=O)O. The summed E-state index contributed by atoms with van der Waals surface area (Å²) in [4.78, 5) is 33.2. The van der Waals surface area contributed by atoms with Crippen molar-refractivity contribution in [3.8, 4) is 0 Å². The van der Waals surface area contributed by atoms with Gasteiger partial charge in [-0.25, -0.2) is 4.79 Å². The number of carbonyl (C=O) groups is 3. The molecule has 0 aliphatic carbocycles. The van der Waals surface area contributed by atoms with E-state index in [9.17, 15) is 14.4 Å². The fourth-order valence-electron chi connectivity index (χ4n) is 1.28. The van der Waals surface area contributed by atoms with E-state index in [1.807, 2.05) is 0 Å². The molecule has 1 aromatic rings. The molecular formula is C11H13N3O4. The number of benzene rings is 1. The molecule has 0 aliphatic heterocycles. The zero-order valence-corrected chi connectivity index (χ0v) is 9.42. The van der Waals surface area contributed by atoms with Crippen LogP contribution in [0.5, 0.6) is 0 Å². The van der Waals surface area contributed by atoms with Gasteiger partial charge in [-0.15, -0.1) is 0 Å². The topological polar surface area (TPSA) is 136 Å². The molecule has 0 unspecified atom stereocenters. The number of primary amides is 1. The molecule has 1 rings (SSSR count). The summed E-state index contributed by atoms with van der Waals surface area (Å²) >= 11 is 0. The molecule has 0 saturated heterocycles. The summed E-state index contributed by atoms with van der Waals surface area (Å²) in [6, 6.07) is 4.59. The van der Waals surface area contributed by atoms with Gasteiger partial charge in [-0.1, -0.05) is 0 Å². The average Bonchev–Trinajstić information content (AvgIpc) is 2.28. The van der Waals surface area contributed by atoms with Gasteiger partial charge < -0.3 is 21.9 Å². The number of anilines is 1. The quantitative estimate of drug-likeness (QED) is 0.514. The third-order valence-electron chi connectivity index (χ3n) is 2.18. The van der Waals surface area contributed by atoms with E-state index >= 15 is 0 Å². The van der Waals surface area contributed by atoms with Crippen molar-refractivity contribution in [3.63, 3.8) is 0 Å². The second-order valence-electron chi connectivity index (χ2n) is 3.66. The first-order chi connectivity index (χ1) is 8.40. The van der Waals surface area contributed by atoms with E-state index in [1.165, 1.54) is 24.3 Å². The largest absolute Gasteiger partial charge is 0.480 e. The van der Waals surface area contributed by atoms with Crippen LogP contribution in [0, 0.1) is 0 Å². The highest BCUT2D eigenvalue weighted by Gasteiger charge is 2.22. The normalized spacial score (nSPS) is 11.6. The molecule has 0 aromatic heterocycles. The standard InChI is InChI=1S/C11H13N3O4/c12-7-3-1-6(2-4-7)10(16)14-8(11(17)18)5-9(13)15/h1-4,8H,5,12H2,(H2,13,15)(H,14,16)(H,17,18)/t8-/m0/s1. The third-order valence-corrected chi connectivity index (χ3v) is 2.18.